The van der Waals surface area contributed by atoms with Crippen LogP contribution in [0.2, 0.25) is 0 Å². The number of ether oxygens (including phenoxy) is 1. The van der Waals surface area contributed by atoms with Crippen molar-refractivity contribution in [1.29, 1.82) is 0 Å². The lowest BCUT2D eigenvalue weighted by atomic mass is 9.64. The minimum Gasteiger partial charge on any atom is -0.378 e. The van der Waals surface area contributed by atoms with E-state index in [1.165, 1.54) is 110 Å². The summed E-state index contributed by atoms with van der Waals surface area (Å²) < 4.78 is 5.90. The maximum Gasteiger partial charge on any atom is 0.0585 e. The topological polar surface area (TPSA) is 24.5 Å². The summed E-state index contributed by atoms with van der Waals surface area (Å²) in [4.78, 5) is 2.57. The van der Waals surface area contributed by atoms with Gasteiger partial charge in [-0.3, -0.25) is 0 Å². The summed E-state index contributed by atoms with van der Waals surface area (Å²) in [6, 6.07) is 0.855. The molecule has 3 nitrogen and oxygen atoms in total. The van der Waals surface area contributed by atoms with E-state index in [0.717, 1.165) is 19.1 Å². The number of nitrogens with one attached hydrogen (secondary N) is 1. The van der Waals surface area contributed by atoms with Crippen LogP contribution in [-0.2, 0) is 4.74 Å². The molecule has 3 fully saturated rings. The van der Waals surface area contributed by atoms with Gasteiger partial charge in [-0.15, -0.1) is 0 Å². The summed E-state index contributed by atoms with van der Waals surface area (Å²) >= 11 is 0. The summed E-state index contributed by atoms with van der Waals surface area (Å²) in [7, 11) is 0. The van der Waals surface area contributed by atoms with Crippen LogP contribution in [0.4, 0.5) is 0 Å². The number of piperidine rings is 1. The van der Waals surface area contributed by atoms with E-state index in [1.54, 1.807) is 0 Å². The quantitative estimate of drug-likeness (QED) is 0.390. The zero-order chi connectivity index (χ0) is 24.6. The third kappa shape index (κ3) is 15.5. The molecule has 0 bridgehead atoms. The lowest BCUT2D eigenvalue weighted by Crippen LogP contribution is -2.38. The molecule has 0 amide bonds. The fourth-order valence-electron chi connectivity index (χ4n) is 6.30. The number of rotatable bonds is 8. The van der Waals surface area contributed by atoms with Crippen molar-refractivity contribution in [2.45, 2.75) is 151 Å². The predicted molar refractivity (Wildman–Crippen MR) is 147 cm³/mol. The van der Waals surface area contributed by atoms with Crippen molar-refractivity contribution in [2.24, 2.45) is 10.8 Å². The normalized spacial score (nSPS) is 23.7. The first-order valence-electron chi connectivity index (χ1n) is 14.8. The summed E-state index contributed by atoms with van der Waals surface area (Å²) in [5, 5.41) is 3.57. The maximum atomic E-state index is 5.90. The Morgan fingerprint density at radius 1 is 0.758 bits per heavy atom. The van der Waals surface area contributed by atoms with Crippen molar-refractivity contribution in [2.75, 3.05) is 32.8 Å². The van der Waals surface area contributed by atoms with Gasteiger partial charge in [0.25, 0.3) is 0 Å². The van der Waals surface area contributed by atoms with Gasteiger partial charge in [0.15, 0.2) is 0 Å². The Bertz CT molecular complexity index is 431. The molecule has 0 aromatic rings. The standard InChI is InChI=1S/C13H26O.C9H19N.C8H17N/c1-6-7-14-11-8-12(2,3)10-13(4,5)9-11;1-2-8-10-9-6-4-3-5-7-9;1-2-6-9-7-4-3-5-8-9/h11H,6-10H2,1-5H3;9-10H,2-8H2,1H3;2-8H2,1H3. The molecule has 3 aliphatic rings. The van der Waals surface area contributed by atoms with Crippen LogP contribution in [0.1, 0.15) is 138 Å². The average molecular weight is 467 g/mol. The molecule has 1 N–H and O–H groups in total. The van der Waals surface area contributed by atoms with Crippen LogP contribution in [0.25, 0.3) is 0 Å². The molecule has 2 saturated carbocycles. The summed E-state index contributed by atoms with van der Waals surface area (Å²) in [5.41, 5.74) is 0.917. The van der Waals surface area contributed by atoms with Crippen molar-refractivity contribution in [3.8, 4) is 0 Å². The molecule has 0 aromatic heterocycles. The number of nitrogens with zero attached hydrogens (tertiary/aromatic N) is 1. The van der Waals surface area contributed by atoms with Crippen LogP contribution in [-0.4, -0.2) is 49.8 Å². The molecule has 1 aliphatic heterocycles. The SMILES string of the molecule is CCCN1CCCCC1.CCCNC1CCCCC1.CCCOC1CC(C)(C)CC(C)(C)C1. The first kappa shape index (κ1) is 30.9. The second-order valence-corrected chi connectivity index (χ2v) is 12.6. The van der Waals surface area contributed by atoms with Gasteiger partial charge in [0.1, 0.15) is 0 Å². The van der Waals surface area contributed by atoms with Crippen LogP contribution in [0.5, 0.6) is 0 Å². The van der Waals surface area contributed by atoms with Crippen LogP contribution in [0, 0.1) is 10.8 Å². The first-order chi connectivity index (χ1) is 15.7. The minimum atomic E-state index is 0.458. The van der Waals surface area contributed by atoms with Crippen molar-refractivity contribution in [3.63, 3.8) is 0 Å². The zero-order valence-corrected chi connectivity index (χ0v) is 23.9. The van der Waals surface area contributed by atoms with Gasteiger partial charge in [0, 0.05) is 12.6 Å². The number of likely N-dealkylation sites (tertiary alicyclic amines) is 1. The van der Waals surface area contributed by atoms with Crippen molar-refractivity contribution >= 4 is 0 Å². The van der Waals surface area contributed by atoms with E-state index in [-0.39, 0.29) is 0 Å². The third-order valence-electron chi connectivity index (χ3n) is 7.35. The van der Waals surface area contributed by atoms with E-state index in [9.17, 15) is 0 Å². The third-order valence-corrected chi connectivity index (χ3v) is 7.35. The lowest BCUT2D eigenvalue weighted by molar-refractivity contribution is -0.0485. The molecular formula is C30H62N2O. The largest absolute Gasteiger partial charge is 0.378 e. The van der Waals surface area contributed by atoms with Gasteiger partial charge in [0.05, 0.1) is 6.10 Å². The molecule has 0 radical (unpaired) electrons. The fourth-order valence-corrected chi connectivity index (χ4v) is 6.30. The summed E-state index contributed by atoms with van der Waals surface area (Å²) in [6.07, 6.45) is 19.5. The molecule has 0 atom stereocenters. The van der Waals surface area contributed by atoms with Crippen LogP contribution in [0.15, 0.2) is 0 Å². The van der Waals surface area contributed by atoms with Gasteiger partial charge in [-0.25, -0.2) is 0 Å². The molecule has 1 saturated heterocycles. The second-order valence-electron chi connectivity index (χ2n) is 12.6. The van der Waals surface area contributed by atoms with E-state index in [2.05, 4.69) is 58.7 Å². The van der Waals surface area contributed by atoms with E-state index in [4.69, 9.17) is 4.74 Å². The summed E-state index contributed by atoms with van der Waals surface area (Å²) in [6.45, 7) is 22.3. The second kappa shape index (κ2) is 17.3. The molecule has 33 heavy (non-hydrogen) atoms. The zero-order valence-electron chi connectivity index (χ0n) is 23.9. The molecule has 3 rings (SSSR count). The van der Waals surface area contributed by atoms with Gasteiger partial charge in [0.2, 0.25) is 0 Å². The van der Waals surface area contributed by atoms with Gasteiger partial charge in [-0.05, 0) is 101 Å². The Morgan fingerprint density at radius 3 is 1.85 bits per heavy atom. The summed E-state index contributed by atoms with van der Waals surface area (Å²) in [5.74, 6) is 0. The maximum absolute atomic E-state index is 5.90. The molecule has 2 aliphatic carbocycles. The minimum absolute atomic E-state index is 0.458. The Morgan fingerprint density at radius 2 is 1.33 bits per heavy atom. The highest BCUT2D eigenvalue weighted by Gasteiger charge is 2.38. The highest BCUT2D eigenvalue weighted by Crippen LogP contribution is 2.46. The smallest absolute Gasteiger partial charge is 0.0585 e. The molecule has 0 aromatic carbocycles. The Balaban J connectivity index is 0.000000255. The van der Waals surface area contributed by atoms with Crippen molar-refractivity contribution in [1.82, 2.24) is 10.2 Å². The Hall–Kier alpha value is -0.120. The van der Waals surface area contributed by atoms with Crippen LogP contribution in [0.3, 0.4) is 0 Å². The highest BCUT2D eigenvalue weighted by atomic mass is 16.5. The van der Waals surface area contributed by atoms with Crippen molar-refractivity contribution in [3.05, 3.63) is 0 Å². The molecule has 1 heterocycles. The lowest BCUT2D eigenvalue weighted by Gasteiger charge is -2.44. The molecule has 198 valence electrons. The highest BCUT2D eigenvalue weighted by molar-refractivity contribution is 4.89. The van der Waals surface area contributed by atoms with Crippen LogP contribution >= 0.6 is 0 Å². The molecule has 3 heteroatoms. The monoisotopic (exact) mass is 466 g/mol. The van der Waals surface area contributed by atoms with E-state index >= 15 is 0 Å². The van der Waals surface area contributed by atoms with Gasteiger partial charge < -0.3 is 15.0 Å². The fraction of sp³-hybridized carbons (Fsp3) is 1.00. The van der Waals surface area contributed by atoms with E-state index in [0.29, 0.717) is 16.9 Å². The number of hydrogen-bond donors (Lipinski definition) is 1. The van der Waals surface area contributed by atoms with E-state index in [1.807, 2.05) is 0 Å². The Labute approximate surface area is 209 Å². The van der Waals surface area contributed by atoms with Gasteiger partial charge in [-0.1, -0.05) is 74.1 Å². The predicted octanol–water partition coefficient (Wildman–Crippen LogP) is 8.22. The molecular weight excluding hydrogens is 404 g/mol. The molecule has 0 unspecified atom stereocenters. The first-order valence-corrected chi connectivity index (χ1v) is 14.8. The van der Waals surface area contributed by atoms with Crippen LogP contribution < -0.4 is 5.32 Å². The van der Waals surface area contributed by atoms with Crippen molar-refractivity contribution < 1.29 is 4.74 Å². The Kier molecular flexibility index (Phi) is 16.2. The average Bonchev–Trinajstić information content (AvgIpc) is 2.77. The van der Waals surface area contributed by atoms with E-state index < -0.39 is 0 Å². The van der Waals surface area contributed by atoms with Gasteiger partial charge in [-0.2, -0.15) is 0 Å². The number of hydrogen-bond acceptors (Lipinski definition) is 3. The molecule has 0 spiro atoms. The van der Waals surface area contributed by atoms with Gasteiger partial charge >= 0.3 is 0 Å².